The highest BCUT2D eigenvalue weighted by atomic mass is 32.2. The number of alkyl halides is 2. The fourth-order valence-corrected chi connectivity index (χ4v) is 7.04. The summed E-state index contributed by atoms with van der Waals surface area (Å²) in [6.45, 7) is 0.280. The lowest BCUT2D eigenvalue weighted by molar-refractivity contribution is -0.230. The van der Waals surface area contributed by atoms with Crippen molar-refractivity contribution in [1.29, 1.82) is 0 Å². The maximum Gasteiger partial charge on any atom is 0.253 e. The molecule has 0 radical (unpaired) electrons. The molecule has 0 aliphatic heterocycles. The van der Waals surface area contributed by atoms with Crippen LogP contribution < -0.4 is 4.74 Å². The molecule has 0 aromatic heterocycles. The smallest absolute Gasteiger partial charge is 0.253 e. The topological polar surface area (TPSA) is 60.4 Å². The van der Waals surface area contributed by atoms with Crippen molar-refractivity contribution in [1.82, 2.24) is 0 Å². The highest BCUT2D eigenvalue weighted by molar-refractivity contribution is 7.91. The van der Waals surface area contributed by atoms with Crippen molar-refractivity contribution in [3.63, 3.8) is 0 Å². The standard InChI is InChI=1S/C23H27F3O4S/c1-31(28,29)11-20(27)18-6-17(14-2-3-14)21(7-19(18)24)30-12-22-8-13-4-15(9-22)23(25,26)16(5-13)10-22/h6-7,13-16H,2-5,8-12H2,1H3. The third-order valence-corrected chi connectivity index (χ3v) is 8.54. The predicted octanol–water partition coefficient (Wildman–Crippen LogP) is 4.77. The van der Waals surface area contributed by atoms with Gasteiger partial charge in [-0.3, -0.25) is 4.79 Å². The van der Waals surface area contributed by atoms with Crippen molar-refractivity contribution >= 4 is 15.6 Å². The fraction of sp³-hybridized carbons (Fsp3) is 0.696. The van der Waals surface area contributed by atoms with Gasteiger partial charge in [0.05, 0.1) is 12.2 Å². The molecule has 2 atom stereocenters. The van der Waals surface area contributed by atoms with E-state index in [2.05, 4.69) is 0 Å². The van der Waals surface area contributed by atoms with Crippen molar-refractivity contribution in [3.05, 3.63) is 29.1 Å². The van der Waals surface area contributed by atoms with E-state index in [9.17, 15) is 26.4 Å². The van der Waals surface area contributed by atoms with Crippen LogP contribution in [0.1, 0.15) is 66.8 Å². The van der Waals surface area contributed by atoms with Gasteiger partial charge < -0.3 is 4.74 Å². The summed E-state index contributed by atoms with van der Waals surface area (Å²) in [5, 5.41) is 0. The quantitative estimate of drug-likeness (QED) is 0.555. The molecule has 0 spiro atoms. The van der Waals surface area contributed by atoms with Gasteiger partial charge in [-0.05, 0) is 68.4 Å². The summed E-state index contributed by atoms with van der Waals surface area (Å²) < 4.78 is 72.8. The second-order valence-electron chi connectivity index (χ2n) is 10.4. The van der Waals surface area contributed by atoms with Crippen LogP contribution >= 0.6 is 0 Å². The highest BCUT2D eigenvalue weighted by Crippen LogP contribution is 2.65. The molecule has 5 aliphatic carbocycles. The van der Waals surface area contributed by atoms with E-state index in [1.54, 1.807) is 0 Å². The van der Waals surface area contributed by atoms with Gasteiger partial charge in [0.15, 0.2) is 15.6 Å². The van der Waals surface area contributed by atoms with Gasteiger partial charge in [0.1, 0.15) is 17.3 Å². The molecule has 4 bridgehead atoms. The van der Waals surface area contributed by atoms with Crippen molar-refractivity contribution in [2.45, 2.75) is 56.8 Å². The minimum Gasteiger partial charge on any atom is -0.493 e. The Balaban J connectivity index is 1.38. The first-order valence-corrected chi connectivity index (χ1v) is 13.1. The summed E-state index contributed by atoms with van der Waals surface area (Å²) in [4.78, 5) is 12.3. The first kappa shape index (κ1) is 21.3. The lowest BCUT2D eigenvalue weighted by Gasteiger charge is -2.59. The summed E-state index contributed by atoms with van der Waals surface area (Å²) in [6.07, 6.45) is 5.67. The molecule has 8 heteroatoms. The third-order valence-electron chi connectivity index (χ3n) is 7.75. The molecule has 5 saturated carbocycles. The average molecular weight is 457 g/mol. The van der Waals surface area contributed by atoms with Crippen molar-refractivity contribution in [3.8, 4) is 5.75 Å². The van der Waals surface area contributed by atoms with Gasteiger partial charge in [-0.15, -0.1) is 0 Å². The van der Waals surface area contributed by atoms with Crippen LogP contribution in [0.4, 0.5) is 13.2 Å². The van der Waals surface area contributed by atoms with E-state index in [1.165, 1.54) is 12.1 Å². The molecule has 6 rings (SSSR count). The van der Waals surface area contributed by atoms with Crippen molar-refractivity contribution in [2.75, 3.05) is 18.6 Å². The van der Waals surface area contributed by atoms with Crippen LogP contribution in [0.2, 0.25) is 0 Å². The zero-order chi connectivity index (χ0) is 22.2. The first-order valence-electron chi connectivity index (χ1n) is 11.0. The van der Waals surface area contributed by atoms with E-state index in [0.717, 1.165) is 25.5 Å². The predicted molar refractivity (Wildman–Crippen MR) is 109 cm³/mol. The Morgan fingerprint density at radius 3 is 2.35 bits per heavy atom. The van der Waals surface area contributed by atoms with Gasteiger partial charge in [0.25, 0.3) is 5.92 Å². The molecule has 5 aliphatic rings. The van der Waals surface area contributed by atoms with E-state index in [0.29, 0.717) is 42.9 Å². The number of sulfone groups is 1. The van der Waals surface area contributed by atoms with E-state index in [1.807, 2.05) is 0 Å². The molecular weight excluding hydrogens is 429 g/mol. The lowest BCUT2D eigenvalue weighted by atomic mass is 9.48. The highest BCUT2D eigenvalue weighted by Gasteiger charge is 2.64. The molecule has 4 nitrogen and oxygen atoms in total. The molecule has 170 valence electrons. The number of Topliss-reactive ketones (excluding diaryl/α,β-unsaturated/α-hetero) is 1. The van der Waals surface area contributed by atoms with Gasteiger partial charge in [-0.2, -0.15) is 0 Å². The fourth-order valence-electron chi connectivity index (χ4n) is 6.41. The van der Waals surface area contributed by atoms with Crippen LogP contribution in [-0.2, 0) is 9.84 Å². The number of ether oxygens (including phenoxy) is 1. The second kappa shape index (κ2) is 6.96. The Hall–Kier alpha value is -1.57. The number of hydrogen-bond donors (Lipinski definition) is 0. The minimum atomic E-state index is -3.57. The normalized spacial score (nSPS) is 33.5. The molecule has 0 heterocycles. The Labute approximate surface area is 180 Å². The Bertz CT molecular complexity index is 1010. The van der Waals surface area contributed by atoms with Crippen LogP contribution in [-0.4, -0.2) is 38.7 Å². The first-order chi connectivity index (χ1) is 14.5. The largest absolute Gasteiger partial charge is 0.493 e. The SMILES string of the molecule is CS(=O)(=O)CC(=O)c1cc(C2CC2)c(OCC23CC4CC(C2)C(F)(F)C(C4)C3)cc1F. The molecule has 0 saturated heterocycles. The molecule has 5 fully saturated rings. The number of benzene rings is 1. The van der Waals surface area contributed by atoms with Gasteiger partial charge in [0, 0.05) is 29.6 Å². The lowest BCUT2D eigenvalue weighted by Crippen LogP contribution is -2.58. The average Bonchev–Trinajstić information content (AvgIpc) is 3.48. The Kier molecular flexibility index (Phi) is 4.78. The molecular formula is C23H27F3O4S. The Morgan fingerprint density at radius 2 is 1.77 bits per heavy atom. The zero-order valence-corrected chi connectivity index (χ0v) is 18.3. The van der Waals surface area contributed by atoms with Crippen LogP contribution in [0.5, 0.6) is 5.75 Å². The van der Waals surface area contributed by atoms with Crippen LogP contribution in [0, 0.1) is 29.0 Å². The summed E-state index contributed by atoms with van der Waals surface area (Å²) in [7, 11) is -3.57. The van der Waals surface area contributed by atoms with Gasteiger partial charge in [0.2, 0.25) is 0 Å². The van der Waals surface area contributed by atoms with Gasteiger partial charge in [-0.1, -0.05) is 0 Å². The summed E-state index contributed by atoms with van der Waals surface area (Å²) in [6, 6.07) is 2.61. The summed E-state index contributed by atoms with van der Waals surface area (Å²) >= 11 is 0. The monoisotopic (exact) mass is 456 g/mol. The molecule has 0 amide bonds. The number of rotatable bonds is 7. The molecule has 1 aromatic rings. The van der Waals surface area contributed by atoms with E-state index < -0.39 is 44.9 Å². The van der Waals surface area contributed by atoms with Crippen LogP contribution in [0.25, 0.3) is 0 Å². The van der Waals surface area contributed by atoms with E-state index in [4.69, 9.17) is 4.74 Å². The third kappa shape index (κ3) is 3.89. The number of halogens is 3. The summed E-state index contributed by atoms with van der Waals surface area (Å²) in [5.74, 6) is -5.24. The molecule has 2 unspecified atom stereocenters. The van der Waals surface area contributed by atoms with E-state index in [-0.39, 0.29) is 23.5 Å². The zero-order valence-electron chi connectivity index (χ0n) is 17.5. The second-order valence-corrected chi connectivity index (χ2v) is 12.6. The maximum absolute atomic E-state index is 14.7. The molecule has 31 heavy (non-hydrogen) atoms. The van der Waals surface area contributed by atoms with Crippen LogP contribution in [0.15, 0.2) is 12.1 Å². The van der Waals surface area contributed by atoms with Gasteiger partial charge >= 0.3 is 0 Å². The number of ketones is 1. The number of carbonyl (C=O) groups excluding carboxylic acids is 1. The molecule has 0 N–H and O–H groups in total. The van der Waals surface area contributed by atoms with Gasteiger partial charge in [-0.25, -0.2) is 21.6 Å². The number of hydrogen-bond acceptors (Lipinski definition) is 4. The number of carbonyl (C=O) groups is 1. The molecule has 1 aromatic carbocycles. The summed E-state index contributed by atoms with van der Waals surface area (Å²) in [5.41, 5.74) is 0.197. The maximum atomic E-state index is 14.7. The van der Waals surface area contributed by atoms with Crippen LogP contribution in [0.3, 0.4) is 0 Å². The minimum absolute atomic E-state index is 0.154. The van der Waals surface area contributed by atoms with E-state index >= 15 is 0 Å². The van der Waals surface area contributed by atoms with Crippen molar-refractivity contribution < 1.29 is 31.1 Å². The van der Waals surface area contributed by atoms with Crippen molar-refractivity contribution in [2.24, 2.45) is 23.2 Å². The Morgan fingerprint density at radius 1 is 1.13 bits per heavy atom.